The van der Waals surface area contributed by atoms with Gasteiger partial charge in [0, 0.05) is 6.42 Å². The molecule has 0 saturated carbocycles. The Bertz CT molecular complexity index is 506. The number of Topliss-reactive ketones (excluding diaryl/α,β-unsaturated/α-hetero) is 1. The van der Waals surface area contributed by atoms with Crippen LogP contribution in [0.15, 0.2) is 23.8 Å². The summed E-state index contributed by atoms with van der Waals surface area (Å²) in [5.41, 5.74) is 0.579. The van der Waals surface area contributed by atoms with Crippen molar-refractivity contribution in [3.63, 3.8) is 0 Å². The summed E-state index contributed by atoms with van der Waals surface area (Å²) in [5.74, 6) is -4.75. The first kappa shape index (κ1) is 12.9. The molecule has 0 aromatic heterocycles. The van der Waals surface area contributed by atoms with Gasteiger partial charge in [-0.1, -0.05) is 11.6 Å². The number of allylic oxidation sites excluding steroid dienone is 2. The fourth-order valence-corrected chi connectivity index (χ4v) is 2.11. The molecule has 0 radical (unpaired) electrons. The largest absolute Gasteiger partial charge is 0.294 e. The van der Waals surface area contributed by atoms with Crippen molar-refractivity contribution in [2.75, 3.05) is 0 Å². The van der Waals surface area contributed by atoms with Gasteiger partial charge in [-0.25, -0.2) is 13.2 Å². The van der Waals surface area contributed by atoms with Crippen LogP contribution in [-0.4, -0.2) is 5.78 Å². The van der Waals surface area contributed by atoms with Crippen molar-refractivity contribution in [1.82, 2.24) is 0 Å². The molecule has 18 heavy (non-hydrogen) atoms. The lowest BCUT2D eigenvalue weighted by atomic mass is 9.93. The van der Waals surface area contributed by atoms with Crippen LogP contribution in [0.1, 0.15) is 42.5 Å². The number of carbonyl (C=O) groups excluding carboxylic acids is 1. The third-order valence-corrected chi connectivity index (χ3v) is 3.11. The molecular formula is C14H13F3O. The molecule has 96 valence electrons. The highest BCUT2D eigenvalue weighted by atomic mass is 19.2. The standard InChI is InChI=1S/C14H13F3O/c15-11-7-6-10(13(16)14(11)17)12(18)8-9-4-2-1-3-5-9/h4,6-7H,1-3,5,8H2. The lowest BCUT2D eigenvalue weighted by Gasteiger charge is -2.12. The van der Waals surface area contributed by atoms with Crippen molar-refractivity contribution in [2.24, 2.45) is 0 Å². The van der Waals surface area contributed by atoms with E-state index in [2.05, 4.69) is 0 Å². The number of carbonyl (C=O) groups is 1. The molecular weight excluding hydrogens is 241 g/mol. The second-order valence-electron chi connectivity index (χ2n) is 4.43. The number of hydrogen-bond acceptors (Lipinski definition) is 1. The van der Waals surface area contributed by atoms with Gasteiger partial charge in [0.1, 0.15) is 0 Å². The van der Waals surface area contributed by atoms with Gasteiger partial charge in [-0.05, 0) is 37.8 Å². The maximum atomic E-state index is 13.4. The molecule has 1 nitrogen and oxygen atoms in total. The second-order valence-corrected chi connectivity index (χ2v) is 4.43. The Hall–Kier alpha value is -1.58. The molecule has 2 rings (SSSR count). The Morgan fingerprint density at radius 1 is 1.11 bits per heavy atom. The maximum absolute atomic E-state index is 13.4. The van der Waals surface area contributed by atoms with Crippen LogP contribution in [0.25, 0.3) is 0 Å². The fraction of sp³-hybridized carbons (Fsp3) is 0.357. The summed E-state index contributed by atoms with van der Waals surface area (Å²) in [6.45, 7) is 0. The van der Waals surface area contributed by atoms with Crippen molar-refractivity contribution in [2.45, 2.75) is 32.1 Å². The molecule has 1 aromatic rings. The molecule has 0 saturated heterocycles. The van der Waals surface area contributed by atoms with Gasteiger partial charge in [0.25, 0.3) is 0 Å². The highest BCUT2D eigenvalue weighted by Crippen LogP contribution is 2.23. The van der Waals surface area contributed by atoms with Gasteiger partial charge in [-0.3, -0.25) is 4.79 Å². The van der Waals surface area contributed by atoms with Crippen LogP contribution in [0.3, 0.4) is 0 Å². The van der Waals surface area contributed by atoms with E-state index in [9.17, 15) is 18.0 Å². The lowest BCUT2D eigenvalue weighted by molar-refractivity contribution is 0.0986. The van der Waals surface area contributed by atoms with Crippen molar-refractivity contribution in [3.8, 4) is 0 Å². The highest BCUT2D eigenvalue weighted by molar-refractivity contribution is 5.97. The van der Waals surface area contributed by atoms with Gasteiger partial charge < -0.3 is 0 Å². The minimum atomic E-state index is -1.58. The van der Waals surface area contributed by atoms with Crippen LogP contribution in [0.2, 0.25) is 0 Å². The van der Waals surface area contributed by atoms with Gasteiger partial charge in [0.15, 0.2) is 23.2 Å². The molecule has 1 aliphatic carbocycles. The summed E-state index contributed by atoms with van der Waals surface area (Å²) in [6.07, 6.45) is 5.90. The van der Waals surface area contributed by atoms with Gasteiger partial charge in [-0.15, -0.1) is 0 Å². The van der Waals surface area contributed by atoms with Crippen LogP contribution in [0.4, 0.5) is 13.2 Å². The molecule has 0 fully saturated rings. The normalized spacial score (nSPS) is 15.4. The van der Waals surface area contributed by atoms with E-state index in [0.717, 1.165) is 43.4 Å². The molecule has 1 aliphatic rings. The number of hydrogen-bond donors (Lipinski definition) is 0. The zero-order chi connectivity index (χ0) is 13.1. The molecule has 0 heterocycles. The summed E-state index contributed by atoms with van der Waals surface area (Å²) in [5, 5.41) is 0. The first-order valence-electron chi connectivity index (χ1n) is 5.94. The van der Waals surface area contributed by atoms with E-state index in [0.29, 0.717) is 0 Å². The topological polar surface area (TPSA) is 17.1 Å². The molecule has 0 N–H and O–H groups in total. The van der Waals surface area contributed by atoms with E-state index < -0.39 is 23.2 Å². The zero-order valence-electron chi connectivity index (χ0n) is 9.81. The number of ketones is 1. The Morgan fingerprint density at radius 2 is 1.89 bits per heavy atom. The predicted octanol–water partition coefficient (Wildman–Crippen LogP) is 4.18. The Balaban J connectivity index is 2.19. The summed E-state index contributed by atoms with van der Waals surface area (Å²) in [6, 6.07) is 1.78. The van der Waals surface area contributed by atoms with Crippen LogP contribution in [0, 0.1) is 17.5 Å². The molecule has 4 heteroatoms. The van der Waals surface area contributed by atoms with Gasteiger partial charge >= 0.3 is 0 Å². The van der Waals surface area contributed by atoms with E-state index in [1.807, 2.05) is 6.08 Å². The average Bonchev–Trinajstić information content (AvgIpc) is 2.37. The van der Waals surface area contributed by atoms with Crippen molar-refractivity contribution in [3.05, 3.63) is 46.8 Å². The smallest absolute Gasteiger partial charge is 0.195 e. The third-order valence-electron chi connectivity index (χ3n) is 3.11. The van der Waals surface area contributed by atoms with E-state index in [4.69, 9.17) is 0 Å². The molecule has 1 aromatic carbocycles. The molecule has 0 amide bonds. The first-order chi connectivity index (χ1) is 8.59. The van der Waals surface area contributed by atoms with Crippen LogP contribution < -0.4 is 0 Å². The molecule has 0 aliphatic heterocycles. The summed E-state index contributed by atoms with van der Waals surface area (Å²) in [4.78, 5) is 11.8. The number of rotatable bonds is 3. The van der Waals surface area contributed by atoms with Crippen LogP contribution >= 0.6 is 0 Å². The molecule has 0 atom stereocenters. The Kier molecular flexibility index (Phi) is 3.84. The Labute approximate surface area is 103 Å². The summed E-state index contributed by atoms with van der Waals surface area (Å²) >= 11 is 0. The van der Waals surface area contributed by atoms with Crippen molar-refractivity contribution in [1.29, 1.82) is 0 Å². The first-order valence-corrected chi connectivity index (χ1v) is 5.94. The monoisotopic (exact) mass is 254 g/mol. The number of benzene rings is 1. The van der Waals surface area contributed by atoms with Crippen molar-refractivity contribution >= 4 is 5.78 Å². The minimum absolute atomic E-state index is 0.0853. The summed E-state index contributed by atoms with van der Waals surface area (Å²) in [7, 11) is 0. The van der Waals surface area contributed by atoms with Gasteiger partial charge in [0.2, 0.25) is 0 Å². The van der Waals surface area contributed by atoms with E-state index in [1.54, 1.807) is 0 Å². The summed E-state index contributed by atoms with van der Waals surface area (Å²) < 4.78 is 39.2. The van der Waals surface area contributed by atoms with Gasteiger partial charge in [-0.2, -0.15) is 0 Å². The lowest BCUT2D eigenvalue weighted by Crippen LogP contribution is -2.08. The van der Waals surface area contributed by atoms with E-state index in [-0.39, 0.29) is 12.0 Å². The van der Waals surface area contributed by atoms with Crippen molar-refractivity contribution < 1.29 is 18.0 Å². The van der Waals surface area contributed by atoms with Gasteiger partial charge in [0.05, 0.1) is 5.56 Å². The fourth-order valence-electron chi connectivity index (χ4n) is 2.11. The van der Waals surface area contributed by atoms with E-state index >= 15 is 0 Å². The maximum Gasteiger partial charge on any atom is 0.195 e. The molecule has 0 bridgehead atoms. The molecule has 0 unspecified atom stereocenters. The quantitative estimate of drug-likeness (QED) is 0.449. The molecule has 0 spiro atoms. The van der Waals surface area contributed by atoms with Crippen LogP contribution in [0.5, 0.6) is 0 Å². The highest BCUT2D eigenvalue weighted by Gasteiger charge is 2.19. The third kappa shape index (κ3) is 2.63. The van der Waals surface area contributed by atoms with E-state index in [1.165, 1.54) is 0 Å². The second kappa shape index (κ2) is 5.38. The average molecular weight is 254 g/mol. The van der Waals surface area contributed by atoms with Crippen LogP contribution in [-0.2, 0) is 0 Å². The SMILES string of the molecule is O=C(CC1=CCCCC1)c1ccc(F)c(F)c1F. The Morgan fingerprint density at radius 3 is 2.56 bits per heavy atom. The number of halogens is 3. The zero-order valence-corrected chi connectivity index (χ0v) is 9.81. The predicted molar refractivity (Wildman–Crippen MR) is 61.8 cm³/mol. The minimum Gasteiger partial charge on any atom is -0.294 e.